The van der Waals surface area contributed by atoms with Crippen molar-refractivity contribution >= 4 is 0 Å². The van der Waals surface area contributed by atoms with Gasteiger partial charge in [0.05, 0.1) is 0 Å². The lowest BCUT2D eigenvalue weighted by molar-refractivity contribution is 0.421. The summed E-state index contributed by atoms with van der Waals surface area (Å²) in [5, 5.41) is 0. The summed E-state index contributed by atoms with van der Waals surface area (Å²) in [7, 11) is 0. The molecule has 0 saturated carbocycles. The van der Waals surface area contributed by atoms with Gasteiger partial charge >= 0.3 is 0 Å². The Morgan fingerprint density at radius 2 is 0.906 bits per heavy atom. The Morgan fingerprint density at radius 3 is 1.41 bits per heavy atom. The molecule has 0 spiro atoms. The minimum atomic E-state index is 0.799. The highest BCUT2D eigenvalue weighted by molar-refractivity contribution is 5.32. The lowest BCUT2D eigenvalue weighted by Crippen LogP contribution is -2.08. The molecule has 2 aromatic rings. The van der Waals surface area contributed by atoms with Crippen LogP contribution in [0.2, 0.25) is 0 Å². The number of hydrogen-bond acceptors (Lipinski definition) is 0. The molecule has 0 heterocycles. The van der Waals surface area contributed by atoms with Crippen LogP contribution in [0.1, 0.15) is 119 Å². The van der Waals surface area contributed by atoms with Crippen LogP contribution in [0, 0.1) is 5.92 Å². The maximum absolute atomic E-state index is 2.49. The zero-order valence-corrected chi connectivity index (χ0v) is 21.9. The van der Waals surface area contributed by atoms with E-state index >= 15 is 0 Å². The van der Waals surface area contributed by atoms with E-state index in [2.05, 4.69) is 71.0 Å². The zero-order chi connectivity index (χ0) is 23.2. The van der Waals surface area contributed by atoms with Crippen LogP contribution in [0.3, 0.4) is 0 Å². The van der Waals surface area contributed by atoms with E-state index in [4.69, 9.17) is 0 Å². The Balaban J connectivity index is 2.07. The van der Waals surface area contributed by atoms with Gasteiger partial charge < -0.3 is 0 Å². The highest BCUT2D eigenvalue weighted by Gasteiger charge is 2.12. The van der Waals surface area contributed by atoms with Crippen LogP contribution in [-0.4, -0.2) is 0 Å². The summed E-state index contributed by atoms with van der Waals surface area (Å²) in [4.78, 5) is 0. The van der Waals surface area contributed by atoms with E-state index in [1.165, 1.54) is 86.5 Å². The second-order valence-electron chi connectivity index (χ2n) is 9.89. The number of rotatable bonds is 16. The molecule has 0 aromatic heterocycles. The van der Waals surface area contributed by atoms with Crippen molar-refractivity contribution in [3.8, 4) is 0 Å². The number of unbranched alkanes of at least 4 members (excludes halogenated alkanes) is 5. The van der Waals surface area contributed by atoms with Crippen LogP contribution in [0.25, 0.3) is 0 Å². The summed E-state index contributed by atoms with van der Waals surface area (Å²) in [6.45, 7) is 11.5. The number of hydrogen-bond donors (Lipinski definition) is 0. The summed E-state index contributed by atoms with van der Waals surface area (Å²) < 4.78 is 0. The average molecular weight is 435 g/mol. The van der Waals surface area contributed by atoms with Crippen molar-refractivity contribution in [3.63, 3.8) is 0 Å². The van der Waals surface area contributed by atoms with Gasteiger partial charge in [-0.3, -0.25) is 0 Å². The molecule has 0 fully saturated rings. The van der Waals surface area contributed by atoms with Gasteiger partial charge in [-0.25, -0.2) is 0 Å². The van der Waals surface area contributed by atoms with Gasteiger partial charge in [0.2, 0.25) is 0 Å². The third-order valence-corrected chi connectivity index (χ3v) is 7.19. The molecule has 0 amide bonds. The molecule has 0 aliphatic heterocycles. The molecule has 0 saturated heterocycles. The SMILES string of the molecule is CCCCCCCCC(CCc1cc(CC)cc(CC)c1)Cc1cc(CC)cc(CC)c1. The number of benzene rings is 2. The van der Waals surface area contributed by atoms with Gasteiger partial charge in [-0.2, -0.15) is 0 Å². The zero-order valence-electron chi connectivity index (χ0n) is 21.9. The number of aryl methyl sites for hydroxylation is 5. The molecule has 0 aliphatic rings. The molecular weight excluding hydrogens is 384 g/mol. The molecule has 0 bridgehead atoms. The van der Waals surface area contributed by atoms with Crippen LogP contribution in [0.15, 0.2) is 36.4 Å². The maximum Gasteiger partial charge on any atom is -0.0250 e. The third kappa shape index (κ3) is 9.51. The fourth-order valence-corrected chi connectivity index (χ4v) is 5.02. The van der Waals surface area contributed by atoms with Gasteiger partial charge in [0.15, 0.2) is 0 Å². The molecule has 0 aliphatic carbocycles. The van der Waals surface area contributed by atoms with E-state index < -0.39 is 0 Å². The predicted molar refractivity (Wildman–Crippen MR) is 144 cm³/mol. The van der Waals surface area contributed by atoms with E-state index in [1.807, 2.05) is 0 Å². The summed E-state index contributed by atoms with van der Waals surface area (Å²) in [6.07, 6.45) is 18.2. The van der Waals surface area contributed by atoms with Crippen LogP contribution >= 0.6 is 0 Å². The Bertz CT molecular complexity index is 725. The standard InChI is InChI=1S/C32H50/c1-6-11-12-13-14-15-16-30(25-32-23-28(9-4)20-29(10-5)24-32)17-18-31-21-26(7-2)19-27(8-3)22-31/h19-24,30H,6-18,25H2,1-5H3. The van der Waals surface area contributed by atoms with Crippen molar-refractivity contribution in [2.24, 2.45) is 5.92 Å². The van der Waals surface area contributed by atoms with Crippen LogP contribution in [0.5, 0.6) is 0 Å². The highest BCUT2D eigenvalue weighted by Crippen LogP contribution is 2.25. The van der Waals surface area contributed by atoms with E-state index in [9.17, 15) is 0 Å². The highest BCUT2D eigenvalue weighted by atomic mass is 14.2. The largest absolute Gasteiger partial charge is 0.0654 e. The topological polar surface area (TPSA) is 0 Å². The molecule has 0 heteroatoms. The van der Waals surface area contributed by atoms with Crippen molar-refractivity contribution in [1.82, 2.24) is 0 Å². The van der Waals surface area contributed by atoms with Gasteiger partial charge in [-0.1, -0.05) is 116 Å². The van der Waals surface area contributed by atoms with Crippen LogP contribution < -0.4 is 0 Å². The van der Waals surface area contributed by atoms with Crippen molar-refractivity contribution < 1.29 is 0 Å². The molecular formula is C32H50. The van der Waals surface area contributed by atoms with E-state index in [-0.39, 0.29) is 0 Å². The molecule has 0 N–H and O–H groups in total. The quantitative estimate of drug-likeness (QED) is 0.231. The minimum Gasteiger partial charge on any atom is -0.0654 e. The lowest BCUT2D eigenvalue weighted by atomic mass is 9.86. The average Bonchev–Trinajstić information content (AvgIpc) is 2.83. The minimum absolute atomic E-state index is 0.799. The van der Waals surface area contributed by atoms with Gasteiger partial charge in [-0.05, 0) is 84.2 Å². The first kappa shape index (κ1) is 26.7. The first-order valence-electron chi connectivity index (χ1n) is 13.8. The lowest BCUT2D eigenvalue weighted by Gasteiger charge is -2.19. The second kappa shape index (κ2) is 15.3. The fourth-order valence-electron chi connectivity index (χ4n) is 5.02. The second-order valence-corrected chi connectivity index (χ2v) is 9.89. The van der Waals surface area contributed by atoms with E-state index in [0.29, 0.717) is 0 Å². The van der Waals surface area contributed by atoms with E-state index in [0.717, 1.165) is 31.6 Å². The summed E-state index contributed by atoms with van der Waals surface area (Å²) in [6, 6.07) is 14.7. The van der Waals surface area contributed by atoms with Gasteiger partial charge in [0.1, 0.15) is 0 Å². The Hall–Kier alpha value is -1.56. The smallest absolute Gasteiger partial charge is 0.0250 e. The van der Waals surface area contributed by atoms with Gasteiger partial charge in [0, 0.05) is 0 Å². The van der Waals surface area contributed by atoms with Crippen molar-refractivity contribution in [2.75, 3.05) is 0 Å². The predicted octanol–water partition coefficient (Wildman–Crippen LogP) is 9.48. The molecule has 178 valence electrons. The summed E-state index contributed by atoms with van der Waals surface area (Å²) in [5.41, 5.74) is 9.19. The van der Waals surface area contributed by atoms with Gasteiger partial charge in [0.25, 0.3) is 0 Å². The van der Waals surface area contributed by atoms with Crippen molar-refractivity contribution in [1.29, 1.82) is 0 Å². The fraction of sp³-hybridized carbons (Fsp3) is 0.625. The van der Waals surface area contributed by atoms with Gasteiger partial charge in [-0.15, -0.1) is 0 Å². The van der Waals surface area contributed by atoms with Crippen LogP contribution in [0.4, 0.5) is 0 Å². The first-order chi connectivity index (χ1) is 15.6. The Labute approximate surface area is 200 Å². The Morgan fingerprint density at radius 1 is 0.469 bits per heavy atom. The Kier molecular flexibility index (Phi) is 12.8. The normalized spacial score (nSPS) is 12.3. The molecule has 2 rings (SSSR count). The molecule has 1 unspecified atom stereocenters. The molecule has 0 nitrogen and oxygen atoms in total. The first-order valence-corrected chi connectivity index (χ1v) is 13.8. The molecule has 2 aromatic carbocycles. The molecule has 32 heavy (non-hydrogen) atoms. The summed E-state index contributed by atoms with van der Waals surface area (Å²) in [5.74, 6) is 0.799. The molecule has 0 radical (unpaired) electrons. The maximum atomic E-state index is 2.49. The van der Waals surface area contributed by atoms with Crippen molar-refractivity contribution in [3.05, 3.63) is 69.8 Å². The monoisotopic (exact) mass is 434 g/mol. The molecule has 1 atom stereocenters. The van der Waals surface area contributed by atoms with Crippen LogP contribution in [-0.2, 0) is 38.5 Å². The third-order valence-electron chi connectivity index (χ3n) is 7.19. The summed E-state index contributed by atoms with van der Waals surface area (Å²) >= 11 is 0. The van der Waals surface area contributed by atoms with Crippen molar-refractivity contribution in [2.45, 2.75) is 125 Å². The van der Waals surface area contributed by atoms with E-state index in [1.54, 1.807) is 11.1 Å².